The lowest BCUT2D eigenvalue weighted by Crippen LogP contribution is -2.16. The molecule has 0 radical (unpaired) electrons. The van der Waals surface area contributed by atoms with Crippen LogP contribution in [0.25, 0.3) is 0 Å². The molecule has 0 spiro atoms. The fraction of sp³-hybridized carbons (Fsp3) is 0.353. The molecule has 0 fully saturated rings. The van der Waals surface area contributed by atoms with E-state index in [0.29, 0.717) is 18.8 Å². The van der Waals surface area contributed by atoms with Gasteiger partial charge in [-0.05, 0) is 30.3 Å². The molecule has 6 nitrogen and oxygen atoms in total. The Hall–Kier alpha value is -2.47. The quantitative estimate of drug-likeness (QED) is 0.727. The SMILES string of the molecule is CCc1ccc(CNc2cccc(NC(=O)OCCOC)c2)o1. The highest BCUT2D eigenvalue weighted by molar-refractivity contribution is 5.85. The van der Waals surface area contributed by atoms with Crippen LogP contribution in [0, 0.1) is 0 Å². The third kappa shape index (κ3) is 5.67. The van der Waals surface area contributed by atoms with Gasteiger partial charge in [0.25, 0.3) is 0 Å². The number of carbonyl (C=O) groups is 1. The fourth-order valence-electron chi connectivity index (χ4n) is 1.98. The lowest BCUT2D eigenvalue weighted by atomic mass is 10.2. The van der Waals surface area contributed by atoms with E-state index in [-0.39, 0.29) is 6.61 Å². The Balaban J connectivity index is 1.85. The molecule has 0 saturated carbocycles. The maximum absolute atomic E-state index is 11.6. The standard InChI is InChI=1S/C17H22N2O4/c1-3-15-7-8-16(23-15)12-18-13-5-4-6-14(11-13)19-17(20)22-10-9-21-2/h4-8,11,18H,3,9-10,12H2,1-2H3,(H,19,20). The third-order valence-corrected chi connectivity index (χ3v) is 3.16. The second-order valence-corrected chi connectivity index (χ2v) is 4.91. The Morgan fingerprint density at radius 1 is 1.13 bits per heavy atom. The largest absolute Gasteiger partial charge is 0.464 e. The molecule has 0 aliphatic carbocycles. The number of amides is 1. The van der Waals surface area contributed by atoms with Crippen molar-refractivity contribution in [1.29, 1.82) is 0 Å². The highest BCUT2D eigenvalue weighted by atomic mass is 16.6. The van der Waals surface area contributed by atoms with Gasteiger partial charge in [0.05, 0.1) is 13.2 Å². The average molecular weight is 318 g/mol. The van der Waals surface area contributed by atoms with E-state index in [2.05, 4.69) is 17.6 Å². The molecule has 0 bridgehead atoms. The molecular weight excluding hydrogens is 296 g/mol. The van der Waals surface area contributed by atoms with Crippen molar-refractivity contribution in [3.8, 4) is 0 Å². The number of anilines is 2. The van der Waals surface area contributed by atoms with Crippen molar-refractivity contribution in [3.05, 3.63) is 47.9 Å². The highest BCUT2D eigenvalue weighted by Crippen LogP contribution is 2.17. The normalized spacial score (nSPS) is 10.3. The van der Waals surface area contributed by atoms with Crippen LogP contribution in [0.5, 0.6) is 0 Å². The highest BCUT2D eigenvalue weighted by Gasteiger charge is 2.04. The Kier molecular flexibility index (Phi) is 6.50. The molecule has 0 saturated heterocycles. The predicted octanol–water partition coefficient (Wildman–Crippen LogP) is 3.65. The molecule has 0 aliphatic rings. The summed E-state index contributed by atoms with van der Waals surface area (Å²) in [6.07, 6.45) is 0.378. The number of nitrogens with one attached hydrogen (secondary N) is 2. The van der Waals surface area contributed by atoms with Crippen LogP contribution in [0.2, 0.25) is 0 Å². The number of ether oxygens (including phenoxy) is 2. The minimum atomic E-state index is -0.502. The molecule has 0 atom stereocenters. The lowest BCUT2D eigenvalue weighted by molar-refractivity contribution is 0.107. The predicted molar refractivity (Wildman–Crippen MR) is 88.7 cm³/mol. The maximum atomic E-state index is 11.6. The zero-order chi connectivity index (χ0) is 16.5. The van der Waals surface area contributed by atoms with Gasteiger partial charge < -0.3 is 19.2 Å². The smallest absolute Gasteiger partial charge is 0.411 e. The third-order valence-electron chi connectivity index (χ3n) is 3.16. The number of hydrogen-bond acceptors (Lipinski definition) is 5. The van der Waals surface area contributed by atoms with Crippen molar-refractivity contribution in [2.75, 3.05) is 31.0 Å². The number of carbonyl (C=O) groups excluding carboxylic acids is 1. The van der Waals surface area contributed by atoms with E-state index < -0.39 is 6.09 Å². The first-order valence-electron chi connectivity index (χ1n) is 7.55. The van der Waals surface area contributed by atoms with Gasteiger partial charge in [-0.2, -0.15) is 0 Å². The summed E-state index contributed by atoms with van der Waals surface area (Å²) >= 11 is 0. The molecule has 23 heavy (non-hydrogen) atoms. The van der Waals surface area contributed by atoms with Crippen LogP contribution in [0.1, 0.15) is 18.4 Å². The van der Waals surface area contributed by atoms with Gasteiger partial charge in [0.1, 0.15) is 18.1 Å². The van der Waals surface area contributed by atoms with E-state index in [1.165, 1.54) is 0 Å². The van der Waals surface area contributed by atoms with Crippen molar-refractivity contribution >= 4 is 17.5 Å². The monoisotopic (exact) mass is 318 g/mol. The maximum Gasteiger partial charge on any atom is 0.411 e. The van der Waals surface area contributed by atoms with Crippen LogP contribution in [-0.4, -0.2) is 26.4 Å². The summed E-state index contributed by atoms with van der Waals surface area (Å²) in [4.78, 5) is 11.6. The minimum Gasteiger partial charge on any atom is -0.464 e. The molecular formula is C17H22N2O4. The Labute approximate surface area is 135 Å². The minimum absolute atomic E-state index is 0.221. The van der Waals surface area contributed by atoms with Crippen LogP contribution < -0.4 is 10.6 Å². The second kappa shape index (κ2) is 8.85. The molecule has 2 rings (SSSR count). The molecule has 2 N–H and O–H groups in total. The number of rotatable bonds is 8. The van der Waals surface area contributed by atoms with Gasteiger partial charge >= 0.3 is 6.09 Å². The van der Waals surface area contributed by atoms with Crippen LogP contribution in [-0.2, 0) is 22.4 Å². The van der Waals surface area contributed by atoms with Gasteiger partial charge in [-0.3, -0.25) is 5.32 Å². The number of methoxy groups -OCH3 is 1. The van der Waals surface area contributed by atoms with Crippen molar-refractivity contribution in [2.45, 2.75) is 19.9 Å². The summed E-state index contributed by atoms with van der Waals surface area (Å²) in [7, 11) is 1.55. The van der Waals surface area contributed by atoms with Gasteiger partial charge in [0.2, 0.25) is 0 Å². The van der Waals surface area contributed by atoms with Crippen molar-refractivity contribution in [1.82, 2.24) is 0 Å². The van der Waals surface area contributed by atoms with Crippen molar-refractivity contribution in [2.24, 2.45) is 0 Å². The Morgan fingerprint density at radius 3 is 2.65 bits per heavy atom. The summed E-state index contributed by atoms with van der Waals surface area (Å²) in [6.45, 7) is 3.23. The van der Waals surface area contributed by atoms with Crippen molar-refractivity contribution in [3.63, 3.8) is 0 Å². The van der Waals surface area contributed by atoms with Gasteiger partial charge in [-0.1, -0.05) is 13.0 Å². The molecule has 1 aromatic heterocycles. The van der Waals surface area contributed by atoms with Gasteiger partial charge in [0.15, 0.2) is 0 Å². The summed E-state index contributed by atoms with van der Waals surface area (Å²) in [5.74, 6) is 1.84. The van der Waals surface area contributed by atoms with Crippen LogP contribution >= 0.6 is 0 Å². The second-order valence-electron chi connectivity index (χ2n) is 4.91. The van der Waals surface area contributed by atoms with Crippen LogP contribution in [0.4, 0.5) is 16.2 Å². The van der Waals surface area contributed by atoms with E-state index in [9.17, 15) is 4.79 Å². The zero-order valence-electron chi connectivity index (χ0n) is 13.4. The fourth-order valence-corrected chi connectivity index (χ4v) is 1.98. The Bertz CT molecular complexity index is 625. The summed E-state index contributed by atoms with van der Waals surface area (Å²) in [6, 6.07) is 11.3. The van der Waals surface area contributed by atoms with Gasteiger partial charge in [0, 0.05) is 24.9 Å². The van der Waals surface area contributed by atoms with Gasteiger partial charge in [-0.15, -0.1) is 0 Å². The van der Waals surface area contributed by atoms with E-state index in [4.69, 9.17) is 13.9 Å². The van der Waals surface area contributed by atoms with E-state index in [1.54, 1.807) is 13.2 Å². The molecule has 124 valence electrons. The van der Waals surface area contributed by atoms with Gasteiger partial charge in [-0.25, -0.2) is 4.79 Å². The number of hydrogen-bond donors (Lipinski definition) is 2. The number of aryl methyl sites for hydroxylation is 1. The molecule has 0 unspecified atom stereocenters. The van der Waals surface area contributed by atoms with Crippen LogP contribution in [0.3, 0.4) is 0 Å². The first-order chi connectivity index (χ1) is 11.2. The van der Waals surface area contributed by atoms with E-state index in [1.807, 2.05) is 30.3 Å². The van der Waals surface area contributed by atoms with Crippen molar-refractivity contribution < 1.29 is 18.7 Å². The summed E-state index contributed by atoms with van der Waals surface area (Å²) in [5, 5.41) is 5.93. The summed E-state index contributed by atoms with van der Waals surface area (Å²) in [5.41, 5.74) is 1.54. The molecule has 2 aromatic rings. The molecule has 6 heteroatoms. The van der Waals surface area contributed by atoms with E-state index in [0.717, 1.165) is 23.6 Å². The van der Waals surface area contributed by atoms with E-state index >= 15 is 0 Å². The molecule has 1 amide bonds. The summed E-state index contributed by atoms with van der Waals surface area (Å²) < 4.78 is 15.4. The zero-order valence-corrected chi connectivity index (χ0v) is 13.4. The Morgan fingerprint density at radius 2 is 1.91 bits per heavy atom. The first-order valence-corrected chi connectivity index (χ1v) is 7.55. The first kappa shape index (κ1) is 16.9. The van der Waals surface area contributed by atoms with Crippen LogP contribution in [0.15, 0.2) is 40.8 Å². The topological polar surface area (TPSA) is 72.7 Å². The molecule has 1 aromatic carbocycles. The average Bonchev–Trinajstić information content (AvgIpc) is 3.02. The number of benzene rings is 1. The molecule has 1 heterocycles. The molecule has 0 aliphatic heterocycles. The number of furan rings is 1. The lowest BCUT2D eigenvalue weighted by Gasteiger charge is -2.09.